The molecule has 2 nitrogen and oxygen atoms in total. The van der Waals surface area contributed by atoms with Crippen LogP contribution in [-0.2, 0) is 0 Å². The SMILES string of the molecule is CCCCCCCCCCCC/C=C/c1cccc(OC)c1O. The molecule has 0 atom stereocenters. The highest BCUT2D eigenvalue weighted by Gasteiger charge is 2.03. The van der Waals surface area contributed by atoms with Crippen LogP contribution in [-0.4, -0.2) is 12.2 Å². The van der Waals surface area contributed by atoms with Crippen molar-refractivity contribution in [1.82, 2.24) is 0 Å². The number of phenols is 1. The first-order valence-corrected chi connectivity index (χ1v) is 9.32. The summed E-state index contributed by atoms with van der Waals surface area (Å²) in [7, 11) is 1.58. The Kier molecular flexibility index (Phi) is 11.1. The van der Waals surface area contributed by atoms with Crippen LogP contribution in [0.15, 0.2) is 24.3 Å². The first-order valence-electron chi connectivity index (χ1n) is 9.32. The maximum absolute atomic E-state index is 9.99. The summed E-state index contributed by atoms with van der Waals surface area (Å²) in [6.45, 7) is 2.27. The van der Waals surface area contributed by atoms with Crippen molar-refractivity contribution in [3.63, 3.8) is 0 Å². The maximum Gasteiger partial charge on any atom is 0.165 e. The molecule has 0 fully saturated rings. The highest BCUT2D eigenvalue weighted by atomic mass is 16.5. The van der Waals surface area contributed by atoms with Crippen LogP contribution in [0, 0.1) is 0 Å². The Morgan fingerprint density at radius 3 is 2.13 bits per heavy atom. The topological polar surface area (TPSA) is 29.5 Å². The number of aromatic hydroxyl groups is 1. The number of hydrogen-bond donors (Lipinski definition) is 1. The Labute approximate surface area is 142 Å². The van der Waals surface area contributed by atoms with Gasteiger partial charge in [0.05, 0.1) is 7.11 Å². The summed E-state index contributed by atoms with van der Waals surface area (Å²) in [6.07, 6.45) is 18.9. The molecule has 1 aromatic rings. The number of hydrogen-bond acceptors (Lipinski definition) is 2. The van der Waals surface area contributed by atoms with Gasteiger partial charge >= 0.3 is 0 Å². The molecule has 2 heteroatoms. The largest absolute Gasteiger partial charge is 0.504 e. The van der Waals surface area contributed by atoms with E-state index in [1.165, 1.54) is 64.2 Å². The third-order valence-electron chi connectivity index (χ3n) is 4.27. The summed E-state index contributed by atoms with van der Waals surface area (Å²) in [5, 5.41) is 9.99. The first kappa shape index (κ1) is 19.6. The molecule has 0 aliphatic heterocycles. The molecule has 0 amide bonds. The highest BCUT2D eigenvalue weighted by Crippen LogP contribution is 2.30. The molecule has 0 saturated carbocycles. The van der Waals surface area contributed by atoms with Crippen molar-refractivity contribution in [3.05, 3.63) is 29.8 Å². The Morgan fingerprint density at radius 2 is 1.52 bits per heavy atom. The number of methoxy groups -OCH3 is 1. The second-order valence-corrected chi connectivity index (χ2v) is 6.27. The van der Waals surface area contributed by atoms with E-state index in [-0.39, 0.29) is 5.75 Å². The van der Waals surface area contributed by atoms with Crippen molar-refractivity contribution < 1.29 is 9.84 Å². The highest BCUT2D eigenvalue weighted by molar-refractivity contribution is 5.61. The third-order valence-corrected chi connectivity index (χ3v) is 4.27. The molecule has 1 aromatic carbocycles. The monoisotopic (exact) mass is 318 g/mol. The number of unbranched alkanes of at least 4 members (excludes halogenated alkanes) is 10. The van der Waals surface area contributed by atoms with Gasteiger partial charge in [0.1, 0.15) is 0 Å². The first-order chi connectivity index (χ1) is 11.3. The van der Waals surface area contributed by atoms with E-state index in [1.807, 2.05) is 18.2 Å². The molecule has 23 heavy (non-hydrogen) atoms. The molecule has 0 aliphatic carbocycles. The molecule has 0 bridgehead atoms. The van der Waals surface area contributed by atoms with Gasteiger partial charge in [0, 0.05) is 5.56 Å². The van der Waals surface area contributed by atoms with Crippen LogP contribution < -0.4 is 4.74 Å². The van der Waals surface area contributed by atoms with Gasteiger partial charge < -0.3 is 9.84 Å². The molecule has 1 rings (SSSR count). The summed E-state index contributed by atoms with van der Waals surface area (Å²) in [4.78, 5) is 0. The number of ether oxygens (including phenoxy) is 1. The minimum absolute atomic E-state index is 0.231. The molecule has 0 spiro atoms. The fourth-order valence-corrected chi connectivity index (χ4v) is 2.80. The fraction of sp³-hybridized carbons (Fsp3) is 0.619. The van der Waals surface area contributed by atoms with E-state index in [2.05, 4.69) is 13.0 Å². The Hall–Kier alpha value is -1.44. The van der Waals surface area contributed by atoms with Crippen LogP contribution in [0.25, 0.3) is 6.08 Å². The van der Waals surface area contributed by atoms with E-state index >= 15 is 0 Å². The Balaban J connectivity index is 2.05. The lowest BCUT2D eigenvalue weighted by Crippen LogP contribution is -1.85. The quantitative estimate of drug-likeness (QED) is 0.409. The molecule has 0 saturated heterocycles. The van der Waals surface area contributed by atoms with Crippen molar-refractivity contribution in [2.45, 2.75) is 77.6 Å². The van der Waals surface area contributed by atoms with E-state index in [4.69, 9.17) is 4.74 Å². The van der Waals surface area contributed by atoms with Crippen LogP contribution >= 0.6 is 0 Å². The molecule has 1 N–H and O–H groups in total. The van der Waals surface area contributed by atoms with Crippen LogP contribution in [0.5, 0.6) is 11.5 Å². The van der Waals surface area contributed by atoms with Crippen molar-refractivity contribution in [2.75, 3.05) is 7.11 Å². The van der Waals surface area contributed by atoms with Crippen LogP contribution in [0.4, 0.5) is 0 Å². The minimum atomic E-state index is 0.231. The summed E-state index contributed by atoms with van der Waals surface area (Å²) < 4.78 is 5.11. The third kappa shape index (κ3) is 8.68. The van der Waals surface area contributed by atoms with Gasteiger partial charge in [-0.15, -0.1) is 0 Å². The second-order valence-electron chi connectivity index (χ2n) is 6.27. The van der Waals surface area contributed by atoms with E-state index < -0.39 is 0 Å². The van der Waals surface area contributed by atoms with Crippen LogP contribution in [0.2, 0.25) is 0 Å². The summed E-state index contributed by atoms with van der Waals surface area (Å²) in [5.41, 5.74) is 0.830. The average Bonchev–Trinajstić information content (AvgIpc) is 2.57. The standard InChI is InChI=1S/C21H34O2/c1-3-4-5-6-7-8-9-10-11-12-13-14-16-19-17-15-18-20(23-2)21(19)22/h14-18,22H,3-13H2,1-2H3/b16-14+. The smallest absolute Gasteiger partial charge is 0.165 e. The zero-order chi connectivity index (χ0) is 16.8. The predicted octanol–water partition coefficient (Wildman–Crippen LogP) is 6.73. The van der Waals surface area contributed by atoms with Gasteiger partial charge in [-0.05, 0) is 18.9 Å². The normalized spacial score (nSPS) is 11.2. The van der Waals surface area contributed by atoms with Gasteiger partial charge in [0.15, 0.2) is 11.5 Å². The number of benzene rings is 1. The van der Waals surface area contributed by atoms with Gasteiger partial charge in [-0.2, -0.15) is 0 Å². The molecule has 0 aliphatic rings. The van der Waals surface area contributed by atoms with Gasteiger partial charge in [-0.3, -0.25) is 0 Å². The number of rotatable bonds is 13. The van der Waals surface area contributed by atoms with Gasteiger partial charge in [-0.1, -0.05) is 89.0 Å². The molecule has 0 heterocycles. The van der Waals surface area contributed by atoms with Crippen LogP contribution in [0.1, 0.15) is 83.1 Å². The van der Waals surface area contributed by atoms with E-state index in [0.717, 1.165) is 12.0 Å². The van der Waals surface area contributed by atoms with Crippen molar-refractivity contribution in [1.29, 1.82) is 0 Å². The van der Waals surface area contributed by atoms with Gasteiger partial charge in [0.2, 0.25) is 0 Å². The van der Waals surface area contributed by atoms with Gasteiger partial charge in [0.25, 0.3) is 0 Å². The average molecular weight is 319 g/mol. The molecule has 130 valence electrons. The minimum Gasteiger partial charge on any atom is -0.504 e. The molecular weight excluding hydrogens is 284 g/mol. The summed E-state index contributed by atoms with van der Waals surface area (Å²) in [5.74, 6) is 0.764. The number of para-hydroxylation sites is 1. The van der Waals surface area contributed by atoms with Crippen LogP contribution in [0.3, 0.4) is 0 Å². The van der Waals surface area contributed by atoms with Gasteiger partial charge in [-0.25, -0.2) is 0 Å². The van der Waals surface area contributed by atoms with E-state index in [9.17, 15) is 5.11 Å². The number of allylic oxidation sites excluding steroid dienone is 1. The molecular formula is C21H34O2. The number of phenolic OH excluding ortho intramolecular Hbond substituents is 1. The van der Waals surface area contributed by atoms with E-state index in [0.29, 0.717) is 5.75 Å². The van der Waals surface area contributed by atoms with Crippen molar-refractivity contribution >= 4 is 6.08 Å². The lowest BCUT2D eigenvalue weighted by Gasteiger charge is -2.05. The molecule has 0 aromatic heterocycles. The summed E-state index contributed by atoms with van der Waals surface area (Å²) in [6, 6.07) is 5.58. The Morgan fingerprint density at radius 1 is 0.913 bits per heavy atom. The lowest BCUT2D eigenvalue weighted by atomic mass is 10.1. The molecule has 0 radical (unpaired) electrons. The van der Waals surface area contributed by atoms with E-state index in [1.54, 1.807) is 13.2 Å². The van der Waals surface area contributed by atoms with Crippen molar-refractivity contribution in [2.24, 2.45) is 0 Å². The predicted molar refractivity (Wildman–Crippen MR) is 100 cm³/mol. The second kappa shape index (κ2) is 13.0. The maximum atomic E-state index is 9.99. The zero-order valence-electron chi connectivity index (χ0n) is 15.0. The zero-order valence-corrected chi connectivity index (χ0v) is 15.0. The van der Waals surface area contributed by atoms with Crippen molar-refractivity contribution in [3.8, 4) is 11.5 Å². The lowest BCUT2D eigenvalue weighted by molar-refractivity contribution is 0.373. The summed E-state index contributed by atoms with van der Waals surface area (Å²) >= 11 is 0. The Bertz CT molecular complexity index is 437. The molecule has 0 unspecified atom stereocenters. The fourth-order valence-electron chi connectivity index (χ4n) is 2.80.